The van der Waals surface area contributed by atoms with Crippen molar-refractivity contribution in [3.8, 4) is 0 Å². The fourth-order valence-electron chi connectivity index (χ4n) is 5.36. The molecule has 1 saturated carbocycles. The van der Waals surface area contributed by atoms with E-state index < -0.39 is 5.79 Å². The van der Waals surface area contributed by atoms with E-state index >= 15 is 0 Å². The first-order chi connectivity index (χ1) is 12.5. The van der Waals surface area contributed by atoms with Crippen LogP contribution >= 0.6 is 22.6 Å². The Balaban J connectivity index is 0.00000210. The first-order valence-electron chi connectivity index (χ1n) is 10.5. The maximum Gasteiger partial charge on any atom is 0.199 e. The highest BCUT2D eigenvalue weighted by Gasteiger charge is 2.57. The minimum absolute atomic E-state index is 0. The van der Waals surface area contributed by atoms with Crippen LogP contribution in [0.25, 0.3) is 0 Å². The van der Waals surface area contributed by atoms with Crippen LogP contribution < -0.4 is 24.0 Å². The summed E-state index contributed by atoms with van der Waals surface area (Å²) in [4.78, 5) is 0. The molecule has 2 heterocycles. The lowest BCUT2D eigenvalue weighted by Gasteiger charge is -2.43. The Morgan fingerprint density at radius 2 is 1.63 bits per heavy atom. The Bertz CT molecular complexity index is 602. The number of alkyl halides is 1. The van der Waals surface area contributed by atoms with Gasteiger partial charge in [-0.15, -0.1) is 0 Å². The van der Waals surface area contributed by atoms with Crippen LogP contribution in [0.1, 0.15) is 56.9 Å². The van der Waals surface area contributed by atoms with E-state index in [-0.39, 0.29) is 27.6 Å². The van der Waals surface area contributed by atoms with Gasteiger partial charge in [0, 0.05) is 11.5 Å². The summed E-state index contributed by atoms with van der Waals surface area (Å²) >= 11 is 2.56. The van der Waals surface area contributed by atoms with Gasteiger partial charge in [0.1, 0.15) is 6.54 Å². The van der Waals surface area contributed by atoms with Crippen LogP contribution in [0.3, 0.4) is 0 Å². The molecule has 2 atom stereocenters. The van der Waals surface area contributed by atoms with E-state index in [0.29, 0.717) is 12.5 Å². The summed E-state index contributed by atoms with van der Waals surface area (Å²) in [7, 11) is 2.41. The molecule has 2 saturated heterocycles. The molecule has 152 valence electrons. The van der Waals surface area contributed by atoms with Gasteiger partial charge in [0.2, 0.25) is 0 Å². The number of likely N-dealkylation sites (tertiary alicyclic amines) is 1. The average molecular weight is 597 g/mol. The summed E-state index contributed by atoms with van der Waals surface area (Å²) < 4.78 is 14.5. The molecule has 3 aliphatic rings. The number of piperidine rings is 1. The molecule has 1 aliphatic carbocycles. The molecule has 0 spiro atoms. The Hall–Kier alpha value is 0.560. The van der Waals surface area contributed by atoms with E-state index in [4.69, 9.17) is 9.47 Å². The van der Waals surface area contributed by atoms with Gasteiger partial charge in [0.15, 0.2) is 9.39 Å². The third-order valence-corrected chi connectivity index (χ3v) is 7.54. The predicted molar refractivity (Wildman–Crippen MR) is 113 cm³/mol. The number of ether oxygens (including phenoxy) is 2. The Labute approximate surface area is 195 Å². The lowest BCUT2D eigenvalue weighted by Crippen LogP contribution is -3.00. The maximum atomic E-state index is 6.98. The van der Waals surface area contributed by atoms with Crippen LogP contribution in [0.2, 0.25) is 0 Å². The number of halogens is 2. The molecule has 3 fully saturated rings. The number of rotatable bonds is 4. The number of hydrogen-bond acceptors (Lipinski definition) is 2. The Morgan fingerprint density at radius 1 is 1.00 bits per heavy atom. The standard InChI is InChI=1S/C22H33INO2.HI/c1-24(15-9-4-10-16-24)17-21(23)18-25-22(26-21,19-11-5-2-6-12-19)20-13-7-3-8-14-20;/h2,5-6,11-12,20H,3-4,7-10,13-18H2,1H3;1H/q+1;/p-1. The summed E-state index contributed by atoms with van der Waals surface area (Å²) in [5.74, 6) is -0.0698. The van der Waals surface area contributed by atoms with Crippen molar-refractivity contribution >= 4 is 22.6 Å². The zero-order valence-corrected chi connectivity index (χ0v) is 20.8. The summed E-state index contributed by atoms with van der Waals surface area (Å²) in [5, 5.41) is 0. The number of quaternary nitrogens is 1. The minimum atomic E-state index is -0.544. The number of benzene rings is 1. The highest BCUT2D eigenvalue weighted by molar-refractivity contribution is 14.1. The van der Waals surface area contributed by atoms with Gasteiger partial charge in [-0.05, 0) is 54.7 Å². The van der Waals surface area contributed by atoms with Crippen molar-refractivity contribution < 1.29 is 37.9 Å². The Morgan fingerprint density at radius 3 is 2.30 bits per heavy atom. The van der Waals surface area contributed by atoms with Crippen molar-refractivity contribution in [2.24, 2.45) is 5.92 Å². The van der Waals surface area contributed by atoms with Gasteiger partial charge in [0.05, 0.1) is 26.7 Å². The third-order valence-electron chi connectivity index (χ3n) is 6.67. The fourth-order valence-corrected chi connectivity index (χ4v) is 6.67. The molecule has 5 heteroatoms. The first kappa shape index (κ1) is 22.2. The molecule has 1 aromatic rings. The van der Waals surface area contributed by atoms with Gasteiger partial charge < -0.3 is 37.9 Å². The van der Waals surface area contributed by atoms with Crippen LogP contribution in [0.15, 0.2) is 30.3 Å². The lowest BCUT2D eigenvalue weighted by molar-refractivity contribution is -0.917. The number of hydrogen-bond donors (Lipinski definition) is 0. The molecule has 0 aromatic heterocycles. The Kier molecular flexibility index (Phi) is 7.54. The van der Waals surface area contributed by atoms with Gasteiger partial charge in [-0.2, -0.15) is 0 Å². The molecule has 0 bridgehead atoms. The molecule has 2 aliphatic heterocycles. The normalized spacial score (nSPS) is 34.1. The van der Waals surface area contributed by atoms with Crippen LogP contribution in [-0.2, 0) is 15.3 Å². The van der Waals surface area contributed by atoms with Crippen LogP contribution in [-0.4, -0.2) is 41.4 Å². The smallest absolute Gasteiger partial charge is 0.199 e. The average Bonchev–Trinajstić information content (AvgIpc) is 3.02. The molecule has 3 nitrogen and oxygen atoms in total. The second kappa shape index (κ2) is 9.14. The summed E-state index contributed by atoms with van der Waals surface area (Å²) in [6.45, 7) is 4.30. The molecule has 0 amide bonds. The molecular formula is C22H33I2NO2. The zero-order valence-electron chi connectivity index (χ0n) is 16.5. The van der Waals surface area contributed by atoms with Crippen molar-refractivity contribution in [1.82, 2.24) is 0 Å². The van der Waals surface area contributed by atoms with E-state index in [0.717, 1.165) is 11.0 Å². The topological polar surface area (TPSA) is 18.5 Å². The summed E-state index contributed by atoms with van der Waals surface area (Å²) in [6.07, 6.45) is 10.5. The molecular weight excluding hydrogens is 564 g/mol. The van der Waals surface area contributed by atoms with Gasteiger partial charge in [-0.1, -0.05) is 49.6 Å². The lowest BCUT2D eigenvalue weighted by atomic mass is 9.80. The number of nitrogens with zero attached hydrogens (tertiary/aromatic N) is 1. The SMILES string of the molecule is C[N+]1(CC2(I)COC(c3ccccc3)(C3CCCCC3)O2)CCCCC1.[I-]. The van der Waals surface area contributed by atoms with Crippen molar-refractivity contribution in [3.63, 3.8) is 0 Å². The molecule has 27 heavy (non-hydrogen) atoms. The first-order valence-corrected chi connectivity index (χ1v) is 11.5. The molecule has 4 rings (SSSR count). The van der Waals surface area contributed by atoms with Gasteiger partial charge in [-0.3, -0.25) is 0 Å². The highest BCUT2D eigenvalue weighted by Crippen LogP contribution is 2.51. The minimum Gasteiger partial charge on any atom is -1.00 e. The third kappa shape index (κ3) is 4.84. The van der Waals surface area contributed by atoms with Crippen LogP contribution in [0, 0.1) is 5.92 Å². The maximum absolute atomic E-state index is 6.98. The van der Waals surface area contributed by atoms with Crippen molar-refractivity contribution in [2.75, 3.05) is 33.3 Å². The van der Waals surface area contributed by atoms with Gasteiger partial charge >= 0.3 is 0 Å². The van der Waals surface area contributed by atoms with Gasteiger partial charge in [0.25, 0.3) is 0 Å². The highest BCUT2D eigenvalue weighted by atomic mass is 127. The molecule has 2 unspecified atom stereocenters. The van der Waals surface area contributed by atoms with E-state index in [1.54, 1.807) is 0 Å². The molecule has 0 radical (unpaired) electrons. The number of likely N-dealkylation sites (N-methyl/N-ethyl adjacent to an activating group) is 1. The largest absolute Gasteiger partial charge is 1.00 e. The molecule has 1 aromatic carbocycles. The van der Waals surface area contributed by atoms with Crippen LogP contribution in [0.5, 0.6) is 0 Å². The molecule has 0 N–H and O–H groups in total. The van der Waals surface area contributed by atoms with Crippen molar-refractivity contribution in [1.29, 1.82) is 0 Å². The van der Waals surface area contributed by atoms with E-state index in [2.05, 4.69) is 60.0 Å². The van der Waals surface area contributed by atoms with E-state index in [9.17, 15) is 0 Å². The summed E-state index contributed by atoms with van der Waals surface area (Å²) in [5.41, 5.74) is 1.21. The van der Waals surface area contributed by atoms with Crippen LogP contribution in [0.4, 0.5) is 0 Å². The van der Waals surface area contributed by atoms with E-state index in [1.807, 2.05) is 0 Å². The van der Waals surface area contributed by atoms with Crippen molar-refractivity contribution in [3.05, 3.63) is 35.9 Å². The summed E-state index contributed by atoms with van der Waals surface area (Å²) in [6, 6.07) is 10.7. The van der Waals surface area contributed by atoms with Gasteiger partial charge in [-0.25, -0.2) is 0 Å². The second-order valence-corrected chi connectivity index (χ2v) is 10.9. The van der Waals surface area contributed by atoms with Crippen molar-refractivity contribution in [2.45, 2.75) is 60.8 Å². The zero-order chi connectivity index (χ0) is 18.1. The predicted octanol–water partition coefficient (Wildman–Crippen LogP) is 2.23. The monoisotopic (exact) mass is 597 g/mol. The van der Waals surface area contributed by atoms with E-state index in [1.165, 1.54) is 70.0 Å². The quantitative estimate of drug-likeness (QED) is 0.302. The fraction of sp³-hybridized carbons (Fsp3) is 0.727. The second-order valence-electron chi connectivity index (χ2n) is 8.93.